The summed E-state index contributed by atoms with van der Waals surface area (Å²) in [7, 11) is -7.83. The molecule has 0 fully saturated rings. The molecule has 0 atom stereocenters. The van der Waals surface area contributed by atoms with Crippen LogP contribution in [0.4, 0.5) is 0 Å². The van der Waals surface area contributed by atoms with Crippen LogP contribution in [0.15, 0.2) is 35.4 Å². The lowest BCUT2D eigenvalue weighted by Crippen LogP contribution is -2.23. The highest BCUT2D eigenvalue weighted by Gasteiger charge is 2.21. The summed E-state index contributed by atoms with van der Waals surface area (Å²) in [6.45, 7) is 0. The zero-order chi connectivity index (χ0) is 15.7. The predicted octanol–water partition coefficient (Wildman–Crippen LogP) is 0.169. The standard InChI is InChI=1S/C12H11N3O4S2/c13-8-9-7-12(15-11-4-2-1-3-10(9)11)20(16,17)5-6-21(14,18)19/h1-4,7H,5-6H2,(H2,14,18,19). The van der Waals surface area contributed by atoms with Gasteiger partial charge in [0.2, 0.25) is 10.0 Å². The van der Waals surface area contributed by atoms with Gasteiger partial charge in [-0.25, -0.2) is 27.0 Å². The number of hydrogen-bond acceptors (Lipinski definition) is 6. The lowest BCUT2D eigenvalue weighted by Gasteiger charge is -2.06. The number of fused-ring (bicyclic) bond motifs is 1. The number of primary sulfonamides is 1. The predicted molar refractivity (Wildman–Crippen MR) is 76.5 cm³/mol. The largest absolute Gasteiger partial charge is 0.236 e. The minimum atomic E-state index is -3.94. The molecule has 1 aromatic heterocycles. The zero-order valence-corrected chi connectivity index (χ0v) is 12.4. The monoisotopic (exact) mass is 325 g/mol. The van der Waals surface area contributed by atoms with Crippen LogP contribution in [0.3, 0.4) is 0 Å². The van der Waals surface area contributed by atoms with Crippen LogP contribution in [-0.2, 0) is 19.9 Å². The lowest BCUT2D eigenvalue weighted by molar-refractivity contribution is 0.586. The molecule has 110 valence electrons. The van der Waals surface area contributed by atoms with Crippen LogP contribution in [0, 0.1) is 11.3 Å². The van der Waals surface area contributed by atoms with Crippen LogP contribution in [-0.4, -0.2) is 33.3 Å². The first-order chi connectivity index (χ1) is 9.73. The average Bonchev–Trinajstić information content (AvgIpc) is 2.43. The highest BCUT2D eigenvalue weighted by atomic mass is 32.2. The number of nitriles is 1. The summed E-state index contributed by atoms with van der Waals surface area (Å²) in [6.07, 6.45) is 0. The highest BCUT2D eigenvalue weighted by Crippen LogP contribution is 2.20. The number of aromatic nitrogens is 1. The molecule has 0 bridgehead atoms. The third kappa shape index (κ3) is 3.55. The van der Waals surface area contributed by atoms with Crippen molar-refractivity contribution in [2.24, 2.45) is 5.14 Å². The molecule has 2 aromatic rings. The molecule has 0 amide bonds. The van der Waals surface area contributed by atoms with Crippen LogP contribution in [0.2, 0.25) is 0 Å². The third-order valence-electron chi connectivity index (χ3n) is 2.77. The summed E-state index contributed by atoms with van der Waals surface area (Å²) in [5.41, 5.74) is 0.514. The molecule has 21 heavy (non-hydrogen) atoms. The number of nitrogens with two attached hydrogens (primary N) is 1. The summed E-state index contributed by atoms with van der Waals surface area (Å²) in [6, 6.07) is 9.65. The number of sulfone groups is 1. The van der Waals surface area contributed by atoms with E-state index in [4.69, 9.17) is 10.4 Å². The van der Waals surface area contributed by atoms with Crippen molar-refractivity contribution >= 4 is 30.8 Å². The number of sulfonamides is 1. The number of benzene rings is 1. The van der Waals surface area contributed by atoms with Crippen LogP contribution in [0.1, 0.15) is 5.56 Å². The van der Waals surface area contributed by atoms with Crippen molar-refractivity contribution < 1.29 is 16.8 Å². The second-order valence-corrected chi connectivity index (χ2v) is 8.11. The molecule has 2 rings (SSSR count). The number of hydrogen-bond donors (Lipinski definition) is 1. The summed E-state index contributed by atoms with van der Waals surface area (Å²) < 4.78 is 46.0. The summed E-state index contributed by atoms with van der Waals surface area (Å²) in [5.74, 6) is -1.38. The Morgan fingerprint density at radius 3 is 2.43 bits per heavy atom. The minimum absolute atomic E-state index is 0.162. The minimum Gasteiger partial charge on any atom is -0.236 e. The van der Waals surface area contributed by atoms with Gasteiger partial charge >= 0.3 is 0 Å². The number of para-hydroxylation sites is 1. The maximum atomic E-state index is 12.1. The molecular formula is C12H11N3O4S2. The number of rotatable bonds is 4. The molecule has 0 radical (unpaired) electrons. The first-order valence-electron chi connectivity index (χ1n) is 5.76. The zero-order valence-electron chi connectivity index (χ0n) is 10.7. The first kappa shape index (κ1) is 15.4. The normalized spacial score (nSPS) is 12.2. The second-order valence-electron chi connectivity index (χ2n) is 4.32. The molecule has 1 heterocycles. The van der Waals surface area contributed by atoms with Gasteiger partial charge in [-0.1, -0.05) is 18.2 Å². The third-order valence-corrected chi connectivity index (χ3v) is 5.39. The summed E-state index contributed by atoms with van der Waals surface area (Å²) >= 11 is 0. The van der Waals surface area contributed by atoms with E-state index in [0.29, 0.717) is 10.9 Å². The van der Waals surface area contributed by atoms with Gasteiger partial charge in [0.1, 0.15) is 0 Å². The quantitative estimate of drug-likeness (QED) is 0.852. The van der Waals surface area contributed by atoms with Gasteiger partial charge in [-0.2, -0.15) is 5.26 Å². The molecule has 2 N–H and O–H groups in total. The van der Waals surface area contributed by atoms with E-state index < -0.39 is 31.4 Å². The van der Waals surface area contributed by atoms with Gasteiger partial charge in [0.15, 0.2) is 14.9 Å². The van der Waals surface area contributed by atoms with E-state index in [9.17, 15) is 16.8 Å². The van der Waals surface area contributed by atoms with Crippen LogP contribution in [0.5, 0.6) is 0 Å². The molecule has 0 saturated heterocycles. The van der Waals surface area contributed by atoms with Gasteiger partial charge in [-0.05, 0) is 12.1 Å². The van der Waals surface area contributed by atoms with Crippen molar-refractivity contribution in [3.63, 3.8) is 0 Å². The van der Waals surface area contributed by atoms with Crippen molar-refractivity contribution in [3.8, 4) is 6.07 Å². The van der Waals surface area contributed by atoms with E-state index in [1.807, 2.05) is 6.07 Å². The van der Waals surface area contributed by atoms with Crippen molar-refractivity contribution in [2.75, 3.05) is 11.5 Å². The molecule has 0 aliphatic heterocycles. The van der Waals surface area contributed by atoms with E-state index in [2.05, 4.69) is 4.98 Å². The molecule has 0 saturated carbocycles. The Hall–Kier alpha value is -2.02. The Balaban J connectivity index is 2.54. The molecule has 0 aliphatic carbocycles. The Bertz CT molecular complexity index is 944. The Morgan fingerprint density at radius 1 is 1.14 bits per heavy atom. The van der Waals surface area contributed by atoms with E-state index in [1.165, 1.54) is 0 Å². The van der Waals surface area contributed by atoms with Gasteiger partial charge in [-0.15, -0.1) is 0 Å². The molecule has 0 unspecified atom stereocenters. The Morgan fingerprint density at radius 2 is 1.81 bits per heavy atom. The highest BCUT2D eigenvalue weighted by molar-refractivity contribution is 7.94. The van der Waals surface area contributed by atoms with Gasteiger partial charge in [0.25, 0.3) is 0 Å². The van der Waals surface area contributed by atoms with Crippen LogP contribution >= 0.6 is 0 Å². The summed E-state index contributed by atoms with van der Waals surface area (Å²) in [4.78, 5) is 3.98. The maximum Gasteiger partial charge on any atom is 0.210 e. The summed E-state index contributed by atoms with van der Waals surface area (Å²) in [5, 5.41) is 14.1. The van der Waals surface area contributed by atoms with Gasteiger partial charge in [0.05, 0.1) is 28.7 Å². The van der Waals surface area contributed by atoms with Gasteiger partial charge < -0.3 is 0 Å². The Kier molecular flexibility index (Phi) is 3.95. The maximum absolute atomic E-state index is 12.1. The Labute approximate surface area is 122 Å². The van der Waals surface area contributed by atoms with Crippen molar-refractivity contribution in [2.45, 2.75) is 5.03 Å². The molecule has 1 aromatic carbocycles. The van der Waals surface area contributed by atoms with Crippen molar-refractivity contribution in [3.05, 3.63) is 35.9 Å². The van der Waals surface area contributed by atoms with Gasteiger partial charge in [0, 0.05) is 5.39 Å². The second kappa shape index (κ2) is 5.40. The topological polar surface area (TPSA) is 131 Å². The number of pyridine rings is 1. The average molecular weight is 325 g/mol. The van der Waals surface area contributed by atoms with E-state index >= 15 is 0 Å². The molecule has 7 nitrogen and oxygen atoms in total. The first-order valence-corrected chi connectivity index (χ1v) is 9.13. The van der Waals surface area contributed by atoms with E-state index in [-0.39, 0.29) is 10.6 Å². The molecule has 0 spiro atoms. The fraction of sp³-hybridized carbons (Fsp3) is 0.167. The number of nitrogens with zero attached hydrogens (tertiary/aromatic N) is 2. The van der Waals surface area contributed by atoms with E-state index in [1.54, 1.807) is 24.3 Å². The van der Waals surface area contributed by atoms with Crippen molar-refractivity contribution in [1.29, 1.82) is 5.26 Å². The van der Waals surface area contributed by atoms with Crippen LogP contribution in [0.25, 0.3) is 10.9 Å². The van der Waals surface area contributed by atoms with E-state index in [0.717, 1.165) is 6.07 Å². The molecule has 0 aliphatic rings. The fourth-order valence-corrected chi connectivity index (χ4v) is 4.28. The SMILES string of the molecule is N#Cc1cc(S(=O)(=O)CCS(N)(=O)=O)nc2ccccc12. The fourth-order valence-electron chi connectivity index (χ4n) is 1.73. The molecular weight excluding hydrogens is 314 g/mol. The van der Waals surface area contributed by atoms with Crippen molar-refractivity contribution in [1.82, 2.24) is 4.98 Å². The lowest BCUT2D eigenvalue weighted by atomic mass is 10.1. The molecule has 9 heteroatoms. The smallest absolute Gasteiger partial charge is 0.210 e. The van der Waals surface area contributed by atoms with Crippen LogP contribution < -0.4 is 5.14 Å². The van der Waals surface area contributed by atoms with Gasteiger partial charge in [-0.3, -0.25) is 0 Å².